The Morgan fingerprint density at radius 3 is 1.70 bits per heavy atom. The molecule has 0 aliphatic heterocycles. The van der Waals surface area contributed by atoms with Crippen LogP contribution in [0.2, 0.25) is 15.1 Å². The second-order valence-electron chi connectivity index (χ2n) is 8.12. The van der Waals surface area contributed by atoms with Crippen molar-refractivity contribution < 1.29 is 37.9 Å². The Balaban J connectivity index is 0.000000337. The Bertz CT molecular complexity index is 1490. The molecule has 2 aromatic heterocycles. The number of hydrogen-bond acceptors (Lipinski definition) is 8. The molecule has 0 saturated heterocycles. The van der Waals surface area contributed by atoms with Crippen LogP contribution in [0.25, 0.3) is 11.1 Å². The highest BCUT2D eigenvalue weighted by atomic mass is 35.5. The van der Waals surface area contributed by atoms with Crippen LogP contribution in [0, 0.1) is 11.9 Å². The lowest BCUT2D eigenvalue weighted by atomic mass is 9.81. The molecular formula is C29H28BCl3F2N2O6. The number of nitrogens with zero attached hydrogens (tertiary/aromatic N) is 2. The minimum absolute atomic E-state index is 0. The first-order valence-corrected chi connectivity index (χ1v) is 13.0. The number of rotatable bonds is 6. The third kappa shape index (κ3) is 12.3. The molecule has 8 nitrogen and oxygen atoms in total. The summed E-state index contributed by atoms with van der Waals surface area (Å²) in [7, 11) is 1.01. The van der Waals surface area contributed by atoms with Crippen molar-refractivity contribution in [2.45, 2.75) is 20.3 Å². The Morgan fingerprint density at radius 1 is 0.767 bits per heavy atom. The van der Waals surface area contributed by atoms with Crippen LogP contribution < -0.4 is 5.46 Å². The number of ether oxygens (including phenoxy) is 2. The van der Waals surface area contributed by atoms with Gasteiger partial charge in [-0.15, -0.1) is 0 Å². The third-order valence-electron chi connectivity index (χ3n) is 5.36. The van der Waals surface area contributed by atoms with Crippen LogP contribution in [-0.2, 0) is 31.9 Å². The van der Waals surface area contributed by atoms with Gasteiger partial charge in [0.1, 0.15) is 0 Å². The van der Waals surface area contributed by atoms with Gasteiger partial charge in [0.15, 0.2) is 0 Å². The van der Waals surface area contributed by atoms with Gasteiger partial charge in [0, 0.05) is 39.1 Å². The fourth-order valence-electron chi connectivity index (χ4n) is 3.29. The first kappa shape index (κ1) is 37.4. The van der Waals surface area contributed by atoms with Crippen molar-refractivity contribution in [3.05, 3.63) is 111 Å². The molecule has 0 spiro atoms. The highest BCUT2D eigenvalue weighted by Gasteiger charge is 2.14. The smallest absolute Gasteiger partial charge is 0.469 e. The van der Waals surface area contributed by atoms with Crippen molar-refractivity contribution in [3.8, 4) is 11.1 Å². The molecule has 43 heavy (non-hydrogen) atoms. The van der Waals surface area contributed by atoms with Crippen LogP contribution in [0.1, 0.15) is 18.6 Å². The van der Waals surface area contributed by atoms with E-state index in [1.165, 1.54) is 38.7 Å². The second-order valence-corrected chi connectivity index (χ2v) is 9.35. The highest BCUT2D eigenvalue weighted by molar-refractivity contribution is 6.58. The molecule has 2 aromatic carbocycles. The standard InChI is InChI=1S/C14H11ClFNO2.C9H8Cl2O2.C5H5BFNO2.CH4/c1-19-14(18)8-11-10(3-2-4-12(11)15)9-5-6-17-13(16)7-9;1-13-9(12)5-6-7(10)3-2-4-8(6)11;7-5-3-4(6(9)10)1-2-8-5;/h2-7H,8H2,1H3;2-4H,5H2,1H3;1-3,9-10H;1H4. The average Bonchev–Trinajstić information content (AvgIpc) is 2.96. The molecule has 228 valence electrons. The zero-order valence-electron chi connectivity index (χ0n) is 22.2. The van der Waals surface area contributed by atoms with Gasteiger partial charge in [-0.05, 0) is 58.6 Å². The summed E-state index contributed by atoms with van der Waals surface area (Å²) < 4.78 is 34.5. The van der Waals surface area contributed by atoms with Crippen LogP contribution in [0.5, 0.6) is 0 Å². The minimum Gasteiger partial charge on any atom is -0.469 e. The number of esters is 2. The Morgan fingerprint density at radius 2 is 1.23 bits per heavy atom. The van der Waals surface area contributed by atoms with Crippen molar-refractivity contribution >= 4 is 59.3 Å². The predicted molar refractivity (Wildman–Crippen MR) is 163 cm³/mol. The van der Waals surface area contributed by atoms with Gasteiger partial charge < -0.3 is 19.5 Å². The molecule has 0 aliphatic carbocycles. The average molecular weight is 656 g/mol. The van der Waals surface area contributed by atoms with Gasteiger partial charge >= 0.3 is 19.1 Å². The number of aromatic nitrogens is 2. The third-order valence-corrected chi connectivity index (χ3v) is 6.43. The summed E-state index contributed by atoms with van der Waals surface area (Å²) in [5.41, 5.74) is 2.64. The number of methoxy groups -OCH3 is 2. The topological polar surface area (TPSA) is 119 Å². The summed E-state index contributed by atoms with van der Waals surface area (Å²) >= 11 is 17.8. The van der Waals surface area contributed by atoms with Crippen LogP contribution in [0.3, 0.4) is 0 Å². The fraction of sp³-hybridized carbons (Fsp3) is 0.172. The number of carbonyl (C=O) groups is 2. The van der Waals surface area contributed by atoms with Crippen LogP contribution in [0.4, 0.5) is 8.78 Å². The van der Waals surface area contributed by atoms with Crippen LogP contribution >= 0.6 is 34.8 Å². The SMILES string of the molecule is C.COC(=O)Cc1c(Cl)cccc1-c1ccnc(F)c1.COC(=O)Cc1c(Cl)cccc1Cl.OB(O)c1ccnc(F)c1. The summed E-state index contributed by atoms with van der Waals surface area (Å²) in [6.07, 6.45) is 2.68. The lowest BCUT2D eigenvalue weighted by Gasteiger charge is -2.10. The number of carbonyl (C=O) groups excluding carboxylic acids is 2. The van der Waals surface area contributed by atoms with Crippen LogP contribution in [-0.4, -0.2) is 53.3 Å². The number of benzene rings is 2. The molecule has 0 atom stereocenters. The maximum absolute atomic E-state index is 13.2. The van der Waals surface area contributed by atoms with Gasteiger partial charge in [0.25, 0.3) is 0 Å². The number of hydrogen-bond donors (Lipinski definition) is 2. The van der Waals surface area contributed by atoms with E-state index in [4.69, 9.17) is 44.9 Å². The number of halogens is 5. The Hall–Kier alpha value is -3.61. The van der Waals surface area contributed by atoms with E-state index in [0.717, 1.165) is 6.07 Å². The van der Waals surface area contributed by atoms with Gasteiger partial charge in [-0.3, -0.25) is 9.59 Å². The van der Waals surface area contributed by atoms with E-state index < -0.39 is 25.0 Å². The molecule has 0 bridgehead atoms. The zero-order chi connectivity index (χ0) is 31.2. The molecule has 4 rings (SSSR count). The van der Waals surface area contributed by atoms with E-state index in [2.05, 4.69) is 19.4 Å². The van der Waals surface area contributed by atoms with E-state index in [1.54, 1.807) is 42.5 Å². The predicted octanol–water partition coefficient (Wildman–Crippen LogP) is 5.50. The summed E-state index contributed by atoms with van der Waals surface area (Å²) in [5.74, 6) is -2.05. The van der Waals surface area contributed by atoms with Gasteiger partial charge in [-0.25, -0.2) is 9.97 Å². The molecule has 2 heterocycles. The highest BCUT2D eigenvalue weighted by Crippen LogP contribution is 2.30. The monoisotopic (exact) mass is 654 g/mol. The molecule has 0 saturated carbocycles. The first-order valence-electron chi connectivity index (χ1n) is 11.9. The van der Waals surface area contributed by atoms with Crippen molar-refractivity contribution in [2.24, 2.45) is 0 Å². The van der Waals surface area contributed by atoms with E-state index in [1.807, 2.05) is 0 Å². The molecule has 0 radical (unpaired) electrons. The molecule has 0 fully saturated rings. The first-order chi connectivity index (χ1) is 20.0. The molecule has 0 unspecified atom stereocenters. The van der Waals surface area contributed by atoms with Crippen molar-refractivity contribution in [2.75, 3.05) is 14.2 Å². The fourth-order valence-corrected chi connectivity index (χ4v) is 4.06. The van der Waals surface area contributed by atoms with Gasteiger partial charge in [-0.2, -0.15) is 8.78 Å². The molecule has 0 aliphatic rings. The normalized spacial score (nSPS) is 9.70. The summed E-state index contributed by atoms with van der Waals surface area (Å²) in [5, 5.41) is 18.4. The van der Waals surface area contributed by atoms with E-state index in [9.17, 15) is 18.4 Å². The van der Waals surface area contributed by atoms with E-state index in [-0.39, 0.29) is 31.7 Å². The second kappa shape index (κ2) is 18.8. The molecular weight excluding hydrogens is 627 g/mol. The minimum atomic E-state index is -1.63. The quantitative estimate of drug-likeness (QED) is 0.159. The summed E-state index contributed by atoms with van der Waals surface area (Å²) in [6.45, 7) is 0. The van der Waals surface area contributed by atoms with E-state index >= 15 is 0 Å². The van der Waals surface area contributed by atoms with Crippen molar-refractivity contribution in [1.29, 1.82) is 0 Å². The molecule has 0 amide bonds. The Labute approximate surface area is 263 Å². The van der Waals surface area contributed by atoms with Gasteiger partial charge in [0.05, 0.1) is 27.1 Å². The summed E-state index contributed by atoms with van der Waals surface area (Å²) in [6, 6.07) is 15.6. The van der Waals surface area contributed by atoms with E-state index in [0.29, 0.717) is 37.3 Å². The largest absolute Gasteiger partial charge is 0.488 e. The van der Waals surface area contributed by atoms with Gasteiger partial charge in [-0.1, -0.05) is 60.4 Å². The Kier molecular flexibility index (Phi) is 16.4. The molecule has 14 heteroatoms. The number of pyridine rings is 2. The molecule has 4 aromatic rings. The van der Waals surface area contributed by atoms with Crippen molar-refractivity contribution in [3.63, 3.8) is 0 Å². The lowest BCUT2D eigenvalue weighted by Crippen LogP contribution is -2.30. The van der Waals surface area contributed by atoms with Crippen molar-refractivity contribution in [1.82, 2.24) is 9.97 Å². The maximum Gasteiger partial charge on any atom is 0.488 e. The summed E-state index contributed by atoms with van der Waals surface area (Å²) in [4.78, 5) is 29.1. The maximum atomic E-state index is 13.2. The van der Waals surface area contributed by atoms with Crippen LogP contribution in [0.15, 0.2) is 73.1 Å². The molecule has 2 N–H and O–H groups in total. The zero-order valence-corrected chi connectivity index (χ0v) is 24.5. The van der Waals surface area contributed by atoms with Gasteiger partial charge in [0.2, 0.25) is 11.9 Å². The lowest BCUT2D eigenvalue weighted by molar-refractivity contribution is -0.140.